The van der Waals surface area contributed by atoms with Crippen molar-refractivity contribution in [2.45, 2.75) is 12.1 Å². The zero-order valence-electron chi connectivity index (χ0n) is 17.4. The van der Waals surface area contributed by atoms with E-state index in [1.165, 1.54) is 0 Å². The van der Waals surface area contributed by atoms with Crippen LogP contribution in [0.1, 0.15) is 22.5 Å². The van der Waals surface area contributed by atoms with Crippen LogP contribution in [0.4, 0.5) is 0 Å². The zero-order valence-corrected chi connectivity index (χ0v) is 17.4. The van der Waals surface area contributed by atoms with Crippen LogP contribution in [0.3, 0.4) is 0 Å². The lowest BCUT2D eigenvalue weighted by molar-refractivity contribution is 0.220. The van der Waals surface area contributed by atoms with Gasteiger partial charge in [-0.3, -0.25) is 4.90 Å². The fourth-order valence-corrected chi connectivity index (χ4v) is 4.54. The summed E-state index contributed by atoms with van der Waals surface area (Å²) in [5, 5.41) is 16.7. The van der Waals surface area contributed by atoms with Crippen LogP contribution in [0.25, 0.3) is 0 Å². The summed E-state index contributed by atoms with van der Waals surface area (Å²) >= 11 is 0. The maximum absolute atomic E-state index is 4.60. The van der Waals surface area contributed by atoms with Crippen molar-refractivity contribution >= 4 is 0 Å². The Labute approximate surface area is 182 Å². The molecule has 2 heterocycles. The van der Waals surface area contributed by atoms with Gasteiger partial charge in [-0.1, -0.05) is 91.0 Å². The molecule has 0 aliphatic carbocycles. The Kier molecular flexibility index (Phi) is 5.56. The molecule has 1 aromatic heterocycles. The Bertz CT molecular complexity index is 992. The summed E-state index contributed by atoms with van der Waals surface area (Å²) in [6, 6.07) is 31.6. The Morgan fingerprint density at radius 1 is 0.710 bits per heavy atom. The van der Waals surface area contributed by atoms with Crippen molar-refractivity contribution in [1.29, 1.82) is 0 Å². The topological polar surface area (TPSA) is 58.9 Å². The molecule has 0 saturated carbocycles. The van der Waals surface area contributed by atoms with Crippen molar-refractivity contribution in [3.8, 4) is 0 Å². The van der Waals surface area contributed by atoms with Crippen LogP contribution in [-0.4, -0.2) is 51.3 Å². The predicted molar refractivity (Wildman–Crippen MR) is 121 cm³/mol. The van der Waals surface area contributed by atoms with Gasteiger partial charge in [0, 0.05) is 26.2 Å². The summed E-state index contributed by atoms with van der Waals surface area (Å²) in [5.41, 5.74) is 2.71. The highest BCUT2D eigenvalue weighted by Crippen LogP contribution is 2.40. The molecule has 6 heteroatoms. The van der Waals surface area contributed by atoms with Crippen molar-refractivity contribution in [3.05, 3.63) is 114 Å². The Balaban J connectivity index is 1.75. The molecule has 156 valence electrons. The molecular weight excluding hydrogens is 384 g/mol. The lowest BCUT2D eigenvalue weighted by Crippen LogP contribution is -2.45. The minimum absolute atomic E-state index is 0.670. The van der Waals surface area contributed by atoms with Gasteiger partial charge >= 0.3 is 0 Å². The first-order valence-electron chi connectivity index (χ1n) is 10.8. The van der Waals surface area contributed by atoms with E-state index in [9.17, 15) is 0 Å². The van der Waals surface area contributed by atoms with E-state index in [4.69, 9.17) is 0 Å². The number of nitrogens with zero attached hydrogens (tertiary/aromatic N) is 5. The lowest BCUT2D eigenvalue weighted by Gasteiger charge is -2.37. The van der Waals surface area contributed by atoms with Gasteiger partial charge in [-0.15, -0.1) is 5.10 Å². The van der Waals surface area contributed by atoms with Gasteiger partial charge in [0.15, 0.2) is 5.82 Å². The summed E-state index contributed by atoms with van der Waals surface area (Å²) in [6.07, 6.45) is 0. The van der Waals surface area contributed by atoms with Crippen LogP contribution in [-0.2, 0) is 12.1 Å². The van der Waals surface area contributed by atoms with Crippen LogP contribution in [0.5, 0.6) is 0 Å². The van der Waals surface area contributed by atoms with E-state index in [-0.39, 0.29) is 0 Å². The second-order valence-corrected chi connectivity index (χ2v) is 7.84. The maximum atomic E-state index is 4.60. The van der Waals surface area contributed by atoms with Crippen LogP contribution >= 0.6 is 0 Å². The Morgan fingerprint density at radius 2 is 1.19 bits per heavy atom. The summed E-state index contributed by atoms with van der Waals surface area (Å²) in [4.78, 5) is 2.41. The molecule has 5 rings (SSSR count). The molecule has 1 saturated heterocycles. The van der Waals surface area contributed by atoms with Gasteiger partial charge in [0.05, 0.1) is 6.54 Å². The third-order valence-electron chi connectivity index (χ3n) is 6.00. The first-order valence-corrected chi connectivity index (χ1v) is 10.8. The number of hydrogen-bond donors (Lipinski definition) is 1. The van der Waals surface area contributed by atoms with Crippen LogP contribution in [0.2, 0.25) is 0 Å². The summed E-state index contributed by atoms with van der Waals surface area (Å²) in [6.45, 7) is 4.66. The minimum Gasteiger partial charge on any atom is -0.314 e. The fraction of sp³-hybridized carbons (Fsp3) is 0.240. The van der Waals surface area contributed by atoms with Gasteiger partial charge in [0.25, 0.3) is 0 Å². The molecule has 0 bridgehead atoms. The number of nitrogens with one attached hydrogen (secondary N) is 1. The molecule has 3 aromatic carbocycles. The SMILES string of the molecule is c1ccc(C(c2ccccc2)(c2ccccc2)n2nnnc2CN2CCNCC2)cc1. The third kappa shape index (κ3) is 3.65. The highest BCUT2D eigenvalue weighted by atomic mass is 15.6. The average molecular weight is 411 g/mol. The highest BCUT2D eigenvalue weighted by molar-refractivity contribution is 5.50. The van der Waals surface area contributed by atoms with E-state index in [0.717, 1.165) is 48.7 Å². The summed E-state index contributed by atoms with van der Waals surface area (Å²) < 4.78 is 2.02. The number of tetrazole rings is 1. The first kappa shape index (κ1) is 19.6. The second-order valence-electron chi connectivity index (χ2n) is 7.84. The maximum Gasteiger partial charge on any atom is 0.167 e. The van der Waals surface area contributed by atoms with Gasteiger partial charge in [0.1, 0.15) is 5.54 Å². The Hall–Kier alpha value is -3.35. The number of hydrogen-bond acceptors (Lipinski definition) is 5. The van der Waals surface area contributed by atoms with Crippen LogP contribution in [0, 0.1) is 0 Å². The van der Waals surface area contributed by atoms with Gasteiger partial charge in [-0.25, -0.2) is 4.68 Å². The molecule has 6 nitrogen and oxygen atoms in total. The molecule has 1 fully saturated rings. The van der Waals surface area contributed by atoms with E-state index in [1.807, 2.05) is 22.9 Å². The molecule has 0 amide bonds. The van der Waals surface area contributed by atoms with Gasteiger partial charge in [-0.05, 0) is 27.1 Å². The largest absolute Gasteiger partial charge is 0.314 e. The average Bonchev–Trinajstić information content (AvgIpc) is 3.31. The molecule has 0 unspecified atom stereocenters. The molecule has 0 spiro atoms. The van der Waals surface area contributed by atoms with Crippen molar-refractivity contribution in [2.75, 3.05) is 26.2 Å². The highest BCUT2D eigenvalue weighted by Gasteiger charge is 2.41. The molecule has 4 aromatic rings. The number of aromatic nitrogens is 4. The monoisotopic (exact) mass is 410 g/mol. The van der Waals surface area contributed by atoms with Gasteiger partial charge in [-0.2, -0.15) is 0 Å². The number of benzene rings is 3. The van der Waals surface area contributed by atoms with Gasteiger partial charge in [0.2, 0.25) is 0 Å². The molecule has 1 N–H and O–H groups in total. The van der Waals surface area contributed by atoms with Crippen LogP contribution in [0.15, 0.2) is 91.0 Å². The number of piperazine rings is 1. The minimum atomic E-state index is -0.670. The van der Waals surface area contributed by atoms with E-state index in [0.29, 0.717) is 6.54 Å². The standard InChI is InChI=1S/C25H26N6/c1-4-10-21(11-5-1)25(22-12-6-2-7-13-22,23-14-8-3-9-15-23)31-24(27-28-29-31)20-30-18-16-26-17-19-30/h1-15,26H,16-20H2. The fourth-order valence-electron chi connectivity index (χ4n) is 4.54. The molecule has 0 radical (unpaired) electrons. The van der Waals surface area contributed by atoms with Crippen molar-refractivity contribution in [2.24, 2.45) is 0 Å². The van der Waals surface area contributed by atoms with Crippen molar-refractivity contribution in [1.82, 2.24) is 30.4 Å². The van der Waals surface area contributed by atoms with E-state index in [1.54, 1.807) is 0 Å². The zero-order chi connectivity index (χ0) is 20.9. The lowest BCUT2D eigenvalue weighted by atomic mass is 9.77. The van der Waals surface area contributed by atoms with Crippen LogP contribution < -0.4 is 5.32 Å². The summed E-state index contributed by atoms with van der Waals surface area (Å²) in [5.74, 6) is 0.860. The Morgan fingerprint density at radius 3 is 1.68 bits per heavy atom. The van der Waals surface area contributed by atoms with Gasteiger partial charge < -0.3 is 5.32 Å². The quantitative estimate of drug-likeness (QED) is 0.496. The normalized spacial score (nSPS) is 15.1. The molecule has 1 aliphatic rings. The molecule has 0 atom stereocenters. The third-order valence-corrected chi connectivity index (χ3v) is 6.00. The molecule has 1 aliphatic heterocycles. The van der Waals surface area contributed by atoms with E-state index >= 15 is 0 Å². The summed E-state index contributed by atoms with van der Waals surface area (Å²) in [7, 11) is 0. The molecular formula is C25H26N6. The second kappa shape index (κ2) is 8.79. The first-order chi connectivity index (χ1) is 15.4. The van der Waals surface area contributed by atoms with Crippen molar-refractivity contribution in [3.63, 3.8) is 0 Å². The van der Waals surface area contributed by atoms with E-state index < -0.39 is 5.54 Å². The van der Waals surface area contributed by atoms with Crippen molar-refractivity contribution < 1.29 is 0 Å². The predicted octanol–water partition coefficient (Wildman–Crippen LogP) is 2.92. The smallest absolute Gasteiger partial charge is 0.167 e. The van der Waals surface area contributed by atoms with E-state index in [2.05, 4.69) is 98.5 Å². The molecule has 31 heavy (non-hydrogen) atoms. The number of rotatable bonds is 6.